The average Bonchev–Trinajstić information content (AvgIpc) is 3.56. The number of rotatable bonds is 6. The molecule has 6 nitrogen and oxygen atoms in total. The molecule has 0 radical (unpaired) electrons. The topological polar surface area (TPSA) is 69.7 Å². The van der Waals surface area contributed by atoms with Crippen LogP contribution in [0.3, 0.4) is 0 Å². The standard InChI is InChI=1S/C23H25N3O3S3/c27-22(24-17-5-3-6-18(15-17)32(28,29)26-10-1-2-11-26)16-25-12-8-20-19(9-14-31-20)23(25)21-7-4-13-30-21/h3-7,9,13-15,23H,1-2,8,10-12,16H2,(H,24,27)/t23-/m1/s1. The minimum Gasteiger partial charge on any atom is -0.325 e. The number of carbonyl (C=O) groups is 1. The Balaban J connectivity index is 1.32. The van der Waals surface area contributed by atoms with Gasteiger partial charge in [0.2, 0.25) is 15.9 Å². The highest BCUT2D eigenvalue weighted by molar-refractivity contribution is 7.89. The van der Waals surface area contributed by atoms with Crippen LogP contribution in [0, 0.1) is 0 Å². The fourth-order valence-electron chi connectivity index (χ4n) is 4.52. The highest BCUT2D eigenvalue weighted by Gasteiger charge is 2.32. The van der Waals surface area contributed by atoms with E-state index in [4.69, 9.17) is 0 Å². The van der Waals surface area contributed by atoms with Crippen molar-refractivity contribution in [1.82, 2.24) is 9.21 Å². The summed E-state index contributed by atoms with van der Waals surface area (Å²) in [4.78, 5) is 18.0. The molecule has 0 saturated carbocycles. The summed E-state index contributed by atoms with van der Waals surface area (Å²) in [5.74, 6) is -0.138. The molecule has 32 heavy (non-hydrogen) atoms. The van der Waals surface area contributed by atoms with Crippen LogP contribution in [-0.4, -0.2) is 49.7 Å². The molecule has 1 saturated heterocycles. The zero-order chi connectivity index (χ0) is 22.1. The third kappa shape index (κ3) is 4.27. The predicted molar refractivity (Wildman–Crippen MR) is 129 cm³/mol. The van der Waals surface area contributed by atoms with Gasteiger partial charge in [0.1, 0.15) is 0 Å². The number of hydrogen-bond acceptors (Lipinski definition) is 6. The van der Waals surface area contributed by atoms with Crippen molar-refractivity contribution in [3.05, 3.63) is 68.5 Å². The molecule has 0 aliphatic carbocycles. The third-order valence-electron chi connectivity index (χ3n) is 6.05. The molecular formula is C23H25N3O3S3. The molecule has 2 aliphatic heterocycles. The van der Waals surface area contributed by atoms with Crippen molar-refractivity contribution in [2.24, 2.45) is 0 Å². The van der Waals surface area contributed by atoms with Crippen LogP contribution in [0.15, 0.2) is 58.1 Å². The van der Waals surface area contributed by atoms with Gasteiger partial charge in [0.15, 0.2) is 0 Å². The Morgan fingerprint density at radius 1 is 1.03 bits per heavy atom. The van der Waals surface area contributed by atoms with Gasteiger partial charge in [-0.3, -0.25) is 9.69 Å². The Kier molecular flexibility index (Phi) is 6.18. The van der Waals surface area contributed by atoms with Crippen molar-refractivity contribution < 1.29 is 13.2 Å². The van der Waals surface area contributed by atoms with E-state index in [1.54, 1.807) is 46.9 Å². The van der Waals surface area contributed by atoms with Crippen LogP contribution in [0.4, 0.5) is 5.69 Å². The average molecular weight is 488 g/mol. The summed E-state index contributed by atoms with van der Waals surface area (Å²) in [7, 11) is -3.52. The second kappa shape index (κ2) is 9.07. The van der Waals surface area contributed by atoms with Crippen LogP contribution in [0.5, 0.6) is 0 Å². The molecule has 1 N–H and O–H groups in total. The van der Waals surface area contributed by atoms with Crippen LogP contribution in [0.1, 0.15) is 34.2 Å². The zero-order valence-corrected chi connectivity index (χ0v) is 20.0. The van der Waals surface area contributed by atoms with Crippen molar-refractivity contribution in [2.45, 2.75) is 30.2 Å². The van der Waals surface area contributed by atoms with Crippen molar-refractivity contribution in [3.63, 3.8) is 0 Å². The van der Waals surface area contributed by atoms with Crippen LogP contribution in [0.25, 0.3) is 0 Å². The van der Waals surface area contributed by atoms with Gasteiger partial charge < -0.3 is 5.32 Å². The van der Waals surface area contributed by atoms with E-state index in [1.165, 1.54) is 19.6 Å². The van der Waals surface area contributed by atoms with Gasteiger partial charge >= 0.3 is 0 Å². The van der Waals surface area contributed by atoms with Gasteiger partial charge in [0.05, 0.1) is 17.5 Å². The molecular weight excluding hydrogens is 462 g/mol. The number of nitrogens with zero attached hydrogens (tertiary/aromatic N) is 2. The minimum atomic E-state index is -3.52. The van der Waals surface area contributed by atoms with Crippen molar-refractivity contribution in [3.8, 4) is 0 Å². The van der Waals surface area contributed by atoms with Crippen molar-refractivity contribution in [1.29, 1.82) is 0 Å². The molecule has 1 atom stereocenters. The van der Waals surface area contributed by atoms with Gasteiger partial charge in [-0.15, -0.1) is 22.7 Å². The first-order valence-electron chi connectivity index (χ1n) is 10.8. The summed E-state index contributed by atoms with van der Waals surface area (Å²) in [5, 5.41) is 7.11. The lowest BCUT2D eigenvalue weighted by atomic mass is 9.98. The van der Waals surface area contributed by atoms with Gasteiger partial charge in [0.25, 0.3) is 0 Å². The molecule has 4 heterocycles. The lowest BCUT2D eigenvalue weighted by molar-refractivity contribution is -0.117. The summed E-state index contributed by atoms with van der Waals surface area (Å²) >= 11 is 3.49. The van der Waals surface area contributed by atoms with Gasteiger partial charge in [-0.2, -0.15) is 4.31 Å². The van der Waals surface area contributed by atoms with E-state index < -0.39 is 10.0 Å². The number of amides is 1. The van der Waals surface area contributed by atoms with Gasteiger partial charge in [-0.05, 0) is 65.9 Å². The van der Waals surface area contributed by atoms with Gasteiger partial charge in [-0.25, -0.2) is 8.42 Å². The minimum absolute atomic E-state index is 0.0811. The molecule has 1 amide bonds. The van der Waals surface area contributed by atoms with E-state index in [0.717, 1.165) is 25.8 Å². The van der Waals surface area contributed by atoms with E-state index in [-0.39, 0.29) is 23.4 Å². The smallest absolute Gasteiger partial charge is 0.243 e. The van der Waals surface area contributed by atoms with Gasteiger partial charge in [-0.1, -0.05) is 12.1 Å². The number of thiophene rings is 2. The zero-order valence-electron chi connectivity index (χ0n) is 17.6. The van der Waals surface area contributed by atoms with E-state index in [0.29, 0.717) is 18.8 Å². The number of nitrogens with one attached hydrogen (secondary N) is 1. The van der Waals surface area contributed by atoms with Crippen LogP contribution in [-0.2, 0) is 21.2 Å². The number of carbonyl (C=O) groups excluding carboxylic acids is 1. The predicted octanol–water partition coefficient (Wildman–Crippen LogP) is 4.18. The number of hydrogen-bond donors (Lipinski definition) is 1. The first-order chi connectivity index (χ1) is 15.5. The monoisotopic (exact) mass is 487 g/mol. The molecule has 2 aliphatic rings. The quantitative estimate of drug-likeness (QED) is 0.566. The maximum absolute atomic E-state index is 13.0. The van der Waals surface area contributed by atoms with E-state index in [1.807, 2.05) is 6.07 Å². The van der Waals surface area contributed by atoms with E-state index >= 15 is 0 Å². The molecule has 1 fully saturated rings. The summed E-state index contributed by atoms with van der Waals surface area (Å²) < 4.78 is 27.2. The fraction of sp³-hybridized carbons (Fsp3) is 0.348. The largest absolute Gasteiger partial charge is 0.325 e. The number of benzene rings is 1. The number of anilines is 1. The molecule has 1 aromatic carbocycles. The summed E-state index contributed by atoms with van der Waals surface area (Å²) in [5.41, 5.74) is 1.80. The highest BCUT2D eigenvalue weighted by Crippen LogP contribution is 2.39. The maximum atomic E-state index is 13.0. The molecule has 5 rings (SSSR count). The lowest BCUT2D eigenvalue weighted by Gasteiger charge is -2.34. The molecule has 0 unspecified atom stereocenters. The van der Waals surface area contributed by atoms with Crippen LogP contribution >= 0.6 is 22.7 Å². The first kappa shape index (κ1) is 21.8. The Labute approximate surface area is 196 Å². The summed E-state index contributed by atoms with van der Waals surface area (Å²) in [6.45, 7) is 2.18. The number of sulfonamides is 1. The second-order valence-corrected chi connectivity index (χ2v) is 12.0. The normalized spacial score (nSPS) is 19.7. The molecule has 2 aromatic heterocycles. The molecule has 168 valence electrons. The second-order valence-electron chi connectivity index (χ2n) is 8.12. The Morgan fingerprint density at radius 2 is 1.88 bits per heavy atom. The Hall–Kier alpha value is -2.04. The van der Waals surface area contributed by atoms with Crippen LogP contribution in [0.2, 0.25) is 0 Å². The van der Waals surface area contributed by atoms with E-state index in [9.17, 15) is 13.2 Å². The first-order valence-corrected chi connectivity index (χ1v) is 14.0. The molecule has 0 spiro atoms. The Bertz CT molecular complexity index is 1200. The SMILES string of the molecule is O=C(CN1CCc2sccc2[C@@H]1c1cccs1)Nc1cccc(S(=O)(=O)N2CCCC2)c1. The fourth-order valence-corrected chi connectivity index (χ4v) is 7.86. The molecule has 0 bridgehead atoms. The van der Waals surface area contributed by atoms with E-state index in [2.05, 4.69) is 33.1 Å². The Morgan fingerprint density at radius 3 is 2.66 bits per heavy atom. The molecule has 9 heteroatoms. The van der Waals surface area contributed by atoms with Gasteiger partial charge in [0, 0.05) is 35.1 Å². The molecule has 3 aromatic rings. The van der Waals surface area contributed by atoms with Crippen LogP contribution < -0.4 is 5.32 Å². The lowest BCUT2D eigenvalue weighted by Crippen LogP contribution is -2.40. The number of fused-ring (bicyclic) bond motifs is 1. The third-order valence-corrected chi connectivity index (χ3v) is 9.86. The summed E-state index contributed by atoms with van der Waals surface area (Å²) in [6.07, 6.45) is 2.72. The highest BCUT2D eigenvalue weighted by atomic mass is 32.2. The van der Waals surface area contributed by atoms with Crippen molar-refractivity contribution >= 4 is 44.3 Å². The maximum Gasteiger partial charge on any atom is 0.243 e. The summed E-state index contributed by atoms with van der Waals surface area (Å²) in [6, 6.07) is 13.0. The van der Waals surface area contributed by atoms with Crippen molar-refractivity contribution in [2.75, 3.05) is 31.5 Å².